The van der Waals surface area contributed by atoms with Crippen molar-refractivity contribution in [1.82, 2.24) is 4.90 Å². The van der Waals surface area contributed by atoms with Gasteiger partial charge in [0.15, 0.2) is 0 Å². The van der Waals surface area contributed by atoms with Crippen LogP contribution in [0.15, 0.2) is 0 Å². The van der Waals surface area contributed by atoms with Gasteiger partial charge in [-0.3, -0.25) is 4.79 Å². The zero-order valence-electron chi connectivity index (χ0n) is 8.84. The van der Waals surface area contributed by atoms with E-state index in [0.717, 1.165) is 4.90 Å². The summed E-state index contributed by atoms with van der Waals surface area (Å²) in [5, 5.41) is 8.67. The molecule has 1 amide bonds. The van der Waals surface area contributed by atoms with E-state index < -0.39 is 24.3 Å². The zero-order valence-corrected chi connectivity index (χ0v) is 9.60. The Morgan fingerprint density at radius 2 is 2.07 bits per heavy atom. The van der Waals surface area contributed by atoms with Crippen LogP contribution in [0.4, 0.5) is 8.78 Å². The summed E-state index contributed by atoms with van der Waals surface area (Å²) in [5.74, 6) is -0.413. The van der Waals surface area contributed by atoms with Crippen molar-refractivity contribution in [3.05, 3.63) is 0 Å². The van der Waals surface area contributed by atoms with Crippen molar-refractivity contribution in [3.63, 3.8) is 0 Å². The molecule has 0 aliphatic carbocycles. The highest BCUT2D eigenvalue weighted by molar-refractivity contribution is 6.19. The van der Waals surface area contributed by atoms with Gasteiger partial charge in [-0.25, -0.2) is 8.78 Å². The van der Waals surface area contributed by atoms with Gasteiger partial charge in [-0.2, -0.15) is 0 Å². The van der Waals surface area contributed by atoms with E-state index in [-0.39, 0.29) is 19.0 Å². The third kappa shape index (κ3) is 4.75. The number of carbonyl (C=O) groups excluding carboxylic acids is 1. The van der Waals surface area contributed by atoms with Crippen molar-refractivity contribution in [3.8, 4) is 0 Å². The highest BCUT2D eigenvalue weighted by Gasteiger charge is 2.32. The fourth-order valence-electron chi connectivity index (χ4n) is 1.05. The Morgan fingerprint density at radius 1 is 1.53 bits per heavy atom. The fourth-order valence-corrected chi connectivity index (χ4v) is 1.16. The molecule has 0 atom stereocenters. The molecule has 90 valence electrons. The van der Waals surface area contributed by atoms with Crippen LogP contribution in [0.5, 0.6) is 0 Å². The number of halogens is 3. The van der Waals surface area contributed by atoms with E-state index in [1.807, 2.05) is 0 Å². The average Bonchev–Trinajstić information content (AvgIpc) is 2.15. The van der Waals surface area contributed by atoms with Gasteiger partial charge in [0, 0.05) is 12.4 Å². The molecule has 0 aromatic heterocycles. The van der Waals surface area contributed by atoms with E-state index in [1.165, 1.54) is 0 Å². The molecule has 6 heteroatoms. The molecule has 0 unspecified atom stereocenters. The van der Waals surface area contributed by atoms with Gasteiger partial charge >= 0.3 is 0 Å². The summed E-state index contributed by atoms with van der Waals surface area (Å²) in [6, 6.07) is 0. The van der Waals surface area contributed by atoms with Crippen LogP contribution in [0, 0.1) is 5.41 Å². The Morgan fingerprint density at radius 3 is 2.40 bits per heavy atom. The fraction of sp³-hybridized carbons (Fsp3) is 0.889. The van der Waals surface area contributed by atoms with Gasteiger partial charge in [0.2, 0.25) is 5.91 Å². The lowest BCUT2D eigenvalue weighted by molar-refractivity contribution is -0.141. The number of hydrogen-bond acceptors (Lipinski definition) is 2. The van der Waals surface area contributed by atoms with Crippen LogP contribution in [0.25, 0.3) is 0 Å². The summed E-state index contributed by atoms with van der Waals surface area (Å²) in [6.45, 7) is 2.07. The molecule has 0 aromatic carbocycles. The molecule has 0 saturated heterocycles. The Kier molecular flexibility index (Phi) is 6.05. The summed E-state index contributed by atoms with van der Waals surface area (Å²) < 4.78 is 24.3. The highest BCUT2D eigenvalue weighted by atomic mass is 35.5. The molecule has 0 aliphatic rings. The third-order valence-corrected chi connectivity index (χ3v) is 2.60. The standard InChI is InChI=1S/C9H16ClF2NO2/c1-9(2,6-10)8(15)13(3-4-14)5-7(11)12/h7,14H,3-6H2,1-2H3. The lowest BCUT2D eigenvalue weighted by Crippen LogP contribution is -2.45. The molecule has 0 aliphatic heterocycles. The summed E-state index contributed by atoms with van der Waals surface area (Å²) in [5.41, 5.74) is -0.883. The maximum atomic E-state index is 12.2. The van der Waals surface area contributed by atoms with E-state index in [2.05, 4.69) is 0 Å². The number of aliphatic hydroxyl groups is 1. The summed E-state index contributed by atoms with van der Waals surface area (Å²) >= 11 is 5.57. The second-order valence-electron chi connectivity index (χ2n) is 3.88. The number of carbonyl (C=O) groups is 1. The van der Waals surface area contributed by atoms with Gasteiger partial charge in [-0.1, -0.05) is 0 Å². The van der Waals surface area contributed by atoms with Crippen molar-refractivity contribution in [2.45, 2.75) is 20.3 Å². The lowest BCUT2D eigenvalue weighted by atomic mass is 9.94. The summed E-state index contributed by atoms with van der Waals surface area (Å²) in [7, 11) is 0. The van der Waals surface area contributed by atoms with Gasteiger partial charge in [-0.05, 0) is 13.8 Å². The first kappa shape index (κ1) is 14.6. The van der Waals surface area contributed by atoms with Crippen LogP contribution in [-0.2, 0) is 4.79 Å². The van der Waals surface area contributed by atoms with Crippen LogP contribution in [-0.4, -0.2) is 47.9 Å². The van der Waals surface area contributed by atoms with E-state index in [0.29, 0.717) is 0 Å². The molecule has 1 N–H and O–H groups in total. The number of amides is 1. The Labute approximate surface area is 93.0 Å². The first-order chi connectivity index (χ1) is 6.85. The van der Waals surface area contributed by atoms with Crippen LogP contribution < -0.4 is 0 Å². The monoisotopic (exact) mass is 243 g/mol. The molecule has 0 fully saturated rings. The molecular weight excluding hydrogens is 228 g/mol. The maximum Gasteiger partial charge on any atom is 0.255 e. The lowest BCUT2D eigenvalue weighted by Gasteiger charge is -2.29. The highest BCUT2D eigenvalue weighted by Crippen LogP contribution is 2.21. The van der Waals surface area contributed by atoms with Gasteiger partial charge < -0.3 is 10.0 Å². The predicted molar refractivity (Wildman–Crippen MR) is 54.2 cm³/mol. The molecule has 0 spiro atoms. The number of nitrogens with zero attached hydrogens (tertiary/aromatic N) is 1. The number of rotatable bonds is 6. The smallest absolute Gasteiger partial charge is 0.255 e. The summed E-state index contributed by atoms with van der Waals surface area (Å²) in [4.78, 5) is 12.7. The molecule has 0 radical (unpaired) electrons. The minimum Gasteiger partial charge on any atom is -0.395 e. The molecular formula is C9H16ClF2NO2. The Balaban J connectivity index is 4.54. The molecule has 0 bridgehead atoms. The number of hydrogen-bond donors (Lipinski definition) is 1. The minimum absolute atomic E-state index is 0.0526. The Hall–Kier alpha value is -0.420. The van der Waals surface area contributed by atoms with Crippen molar-refractivity contribution in [1.29, 1.82) is 0 Å². The summed E-state index contributed by atoms with van der Waals surface area (Å²) in [6.07, 6.45) is -2.60. The van der Waals surface area contributed by atoms with Crippen molar-refractivity contribution in [2.24, 2.45) is 5.41 Å². The number of alkyl halides is 3. The van der Waals surface area contributed by atoms with E-state index in [9.17, 15) is 13.6 Å². The molecule has 0 saturated carbocycles. The van der Waals surface area contributed by atoms with Crippen molar-refractivity contribution < 1.29 is 18.7 Å². The van der Waals surface area contributed by atoms with E-state index in [1.54, 1.807) is 13.8 Å². The van der Waals surface area contributed by atoms with Crippen LogP contribution in [0.1, 0.15) is 13.8 Å². The van der Waals surface area contributed by atoms with Gasteiger partial charge in [0.05, 0.1) is 18.6 Å². The SMILES string of the molecule is CC(C)(CCl)C(=O)N(CCO)CC(F)F. The minimum atomic E-state index is -2.60. The third-order valence-electron chi connectivity index (χ3n) is 1.93. The first-order valence-corrected chi connectivity index (χ1v) is 5.13. The largest absolute Gasteiger partial charge is 0.395 e. The first-order valence-electron chi connectivity index (χ1n) is 4.59. The number of aliphatic hydroxyl groups excluding tert-OH is 1. The molecule has 15 heavy (non-hydrogen) atoms. The topological polar surface area (TPSA) is 40.5 Å². The molecule has 3 nitrogen and oxygen atoms in total. The van der Waals surface area contributed by atoms with Crippen LogP contribution in [0.2, 0.25) is 0 Å². The van der Waals surface area contributed by atoms with Gasteiger partial charge in [0.1, 0.15) is 0 Å². The van der Waals surface area contributed by atoms with E-state index in [4.69, 9.17) is 16.7 Å². The second-order valence-corrected chi connectivity index (χ2v) is 4.15. The van der Waals surface area contributed by atoms with E-state index >= 15 is 0 Å². The zero-order chi connectivity index (χ0) is 12.1. The second kappa shape index (κ2) is 6.23. The Bertz CT molecular complexity index is 212. The maximum absolute atomic E-state index is 12.2. The quantitative estimate of drug-likeness (QED) is 0.716. The predicted octanol–water partition coefficient (Wildman–Crippen LogP) is 1.34. The van der Waals surface area contributed by atoms with Gasteiger partial charge in [-0.15, -0.1) is 11.6 Å². The van der Waals surface area contributed by atoms with Gasteiger partial charge in [0.25, 0.3) is 6.43 Å². The normalized spacial score (nSPS) is 11.9. The molecule has 0 heterocycles. The average molecular weight is 244 g/mol. The van der Waals surface area contributed by atoms with Crippen LogP contribution in [0.3, 0.4) is 0 Å². The molecule has 0 rings (SSSR count). The van der Waals surface area contributed by atoms with Crippen molar-refractivity contribution in [2.75, 3.05) is 25.6 Å². The van der Waals surface area contributed by atoms with Crippen LogP contribution >= 0.6 is 11.6 Å². The molecule has 0 aromatic rings. The van der Waals surface area contributed by atoms with Crippen molar-refractivity contribution >= 4 is 17.5 Å².